The molecule has 8 heteroatoms. The molecule has 27 heavy (non-hydrogen) atoms. The van der Waals surface area contributed by atoms with Gasteiger partial charge in [-0.25, -0.2) is 9.59 Å². The van der Waals surface area contributed by atoms with E-state index in [0.29, 0.717) is 18.8 Å². The quantitative estimate of drug-likeness (QED) is 0.763. The molecule has 0 radical (unpaired) electrons. The number of amides is 3. The van der Waals surface area contributed by atoms with Crippen LogP contribution in [0.25, 0.3) is 0 Å². The Morgan fingerprint density at radius 2 is 1.59 bits per heavy atom. The molecule has 0 aromatic heterocycles. The van der Waals surface area contributed by atoms with E-state index in [1.54, 1.807) is 6.92 Å². The van der Waals surface area contributed by atoms with Crippen molar-refractivity contribution in [2.45, 2.75) is 26.8 Å². The maximum atomic E-state index is 12.1. The first-order valence-electron chi connectivity index (χ1n) is 9.11. The van der Waals surface area contributed by atoms with Gasteiger partial charge in [0.25, 0.3) is 0 Å². The molecule has 0 bridgehead atoms. The van der Waals surface area contributed by atoms with Gasteiger partial charge >= 0.3 is 12.0 Å². The van der Waals surface area contributed by atoms with E-state index in [9.17, 15) is 14.4 Å². The zero-order chi connectivity index (χ0) is 20.0. The number of benzene rings is 1. The van der Waals surface area contributed by atoms with Crippen molar-refractivity contribution in [3.05, 3.63) is 24.3 Å². The Kier molecular flexibility index (Phi) is 7.04. The molecule has 3 amide bonds. The SMILES string of the molecule is COC(=O)C(C)NC(=O)Nc1ccc(N2CCN(C(=O)C(C)C)CC2)cc1. The molecule has 148 valence electrons. The first-order chi connectivity index (χ1) is 12.8. The summed E-state index contributed by atoms with van der Waals surface area (Å²) in [5.74, 6) is -0.285. The Morgan fingerprint density at radius 1 is 1.00 bits per heavy atom. The van der Waals surface area contributed by atoms with E-state index in [4.69, 9.17) is 0 Å². The fourth-order valence-corrected chi connectivity index (χ4v) is 2.91. The lowest BCUT2D eigenvalue weighted by molar-refractivity contribution is -0.142. The third kappa shape index (κ3) is 5.60. The summed E-state index contributed by atoms with van der Waals surface area (Å²) in [5, 5.41) is 5.20. The largest absolute Gasteiger partial charge is 0.467 e. The Labute approximate surface area is 159 Å². The Morgan fingerprint density at radius 3 is 2.11 bits per heavy atom. The van der Waals surface area contributed by atoms with Crippen LogP contribution in [0.1, 0.15) is 20.8 Å². The first kappa shape index (κ1) is 20.5. The summed E-state index contributed by atoms with van der Waals surface area (Å²) in [6.45, 7) is 8.38. The smallest absolute Gasteiger partial charge is 0.328 e. The molecule has 2 rings (SSSR count). The number of esters is 1. The van der Waals surface area contributed by atoms with Crippen LogP contribution in [0.5, 0.6) is 0 Å². The van der Waals surface area contributed by atoms with Crippen molar-refractivity contribution in [2.75, 3.05) is 43.5 Å². The predicted octanol–water partition coefficient (Wildman–Crippen LogP) is 1.67. The lowest BCUT2D eigenvalue weighted by atomic mass is 10.1. The highest BCUT2D eigenvalue weighted by molar-refractivity contribution is 5.92. The minimum atomic E-state index is -0.723. The number of carbonyl (C=O) groups is 3. The van der Waals surface area contributed by atoms with Gasteiger partial charge in [0, 0.05) is 43.5 Å². The van der Waals surface area contributed by atoms with E-state index in [1.165, 1.54) is 7.11 Å². The van der Waals surface area contributed by atoms with Crippen molar-refractivity contribution in [3.8, 4) is 0 Å². The number of carbonyl (C=O) groups excluding carboxylic acids is 3. The molecule has 0 spiro atoms. The van der Waals surface area contributed by atoms with Crippen LogP contribution in [0.2, 0.25) is 0 Å². The van der Waals surface area contributed by atoms with E-state index >= 15 is 0 Å². The highest BCUT2D eigenvalue weighted by Crippen LogP contribution is 2.20. The monoisotopic (exact) mass is 376 g/mol. The average molecular weight is 376 g/mol. The van der Waals surface area contributed by atoms with Crippen LogP contribution in [-0.4, -0.2) is 62.1 Å². The summed E-state index contributed by atoms with van der Waals surface area (Å²) >= 11 is 0. The molecule has 1 aromatic carbocycles. The number of methoxy groups -OCH3 is 1. The fraction of sp³-hybridized carbons (Fsp3) is 0.526. The number of ether oxygens (including phenoxy) is 1. The molecular weight excluding hydrogens is 348 g/mol. The summed E-state index contributed by atoms with van der Waals surface area (Å²) < 4.78 is 4.57. The highest BCUT2D eigenvalue weighted by Gasteiger charge is 2.23. The third-order valence-corrected chi connectivity index (χ3v) is 4.48. The Balaban J connectivity index is 1.86. The molecule has 1 unspecified atom stereocenters. The van der Waals surface area contributed by atoms with Gasteiger partial charge in [-0.3, -0.25) is 4.79 Å². The van der Waals surface area contributed by atoms with E-state index in [-0.39, 0.29) is 11.8 Å². The number of piperazine rings is 1. The maximum absolute atomic E-state index is 12.1. The number of rotatable bonds is 5. The normalized spacial score (nSPS) is 15.3. The minimum absolute atomic E-state index is 0.0231. The average Bonchev–Trinajstić information content (AvgIpc) is 2.67. The maximum Gasteiger partial charge on any atom is 0.328 e. The molecule has 8 nitrogen and oxygen atoms in total. The summed E-state index contributed by atoms with van der Waals surface area (Å²) in [7, 11) is 1.27. The van der Waals surface area contributed by atoms with Gasteiger partial charge in [0.2, 0.25) is 5.91 Å². The highest BCUT2D eigenvalue weighted by atomic mass is 16.5. The minimum Gasteiger partial charge on any atom is -0.467 e. The number of anilines is 2. The lowest BCUT2D eigenvalue weighted by Gasteiger charge is -2.37. The van der Waals surface area contributed by atoms with Gasteiger partial charge in [-0.05, 0) is 31.2 Å². The summed E-state index contributed by atoms with van der Waals surface area (Å²) in [4.78, 5) is 39.4. The molecular formula is C19H28N4O4. The molecule has 0 saturated carbocycles. The molecule has 1 saturated heterocycles. The number of urea groups is 1. The van der Waals surface area contributed by atoms with Crippen LogP contribution in [0, 0.1) is 5.92 Å². The Hall–Kier alpha value is -2.77. The van der Waals surface area contributed by atoms with Crippen LogP contribution in [0.4, 0.5) is 16.2 Å². The molecule has 1 atom stereocenters. The van der Waals surface area contributed by atoms with Gasteiger partial charge in [0.05, 0.1) is 7.11 Å². The molecule has 1 aliphatic heterocycles. The van der Waals surface area contributed by atoms with Gasteiger partial charge < -0.3 is 25.2 Å². The number of nitrogens with zero attached hydrogens (tertiary/aromatic N) is 2. The van der Waals surface area contributed by atoms with Crippen molar-refractivity contribution in [1.82, 2.24) is 10.2 Å². The predicted molar refractivity (Wildman–Crippen MR) is 104 cm³/mol. The standard InChI is InChI=1S/C19H28N4O4/c1-13(2)17(24)23-11-9-22(10-12-23)16-7-5-15(6-8-16)21-19(26)20-14(3)18(25)27-4/h5-8,13-14H,9-12H2,1-4H3,(H2,20,21,26). The van der Waals surface area contributed by atoms with Crippen molar-refractivity contribution in [3.63, 3.8) is 0 Å². The van der Waals surface area contributed by atoms with E-state index < -0.39 is 18.0 Å². The van der Waals surface area contributed by atoms with Gasteiger partial charge in [-0.1, -0.05) is 13.8 Å². The molecule has 1 aromatic rings. The Bertz CT molecular complexity index is 667. The van der Waals surface area contributed by atoms with Crippen LogP contribution < -0.4 is 15.5 Å². The second-order valence-corrected chi connectivity index (χ2v) is 6.86. The summed E-state index contributed by atoms with van der Waals surface area (Å²) in [6.07, 6.45) is 0. The second-order valence-electron chi connectivity index (χ2n) is 6.86. The molecule has 1 fully saturated rings. The van der Waals surface area contributed by atoms with Crippen molar-refractivity contribution >= 4 is 29.3 Å². The lowest BCUT2D eigenvalue weighted by Crippen LogP contribution is -2.49. The van der Waals surface area contributed by atoms with Crippen molar-refractivity contribution in [1.29, 1.82) is 0 Å². The van der Waals surface area contributed by atoms with Gasteiger partial charge in [-0.15, -0.1) is 0 Å². The number of hydrogen-bond acceptors (Lipinski definition) is 5. The second kappa shape index (κ2) is 9.25. The van der Waals surface area contributed by atoms with E-state index in [2.05, 4.69) is 20.3 Å². The van der Waals surface area contributed by atoms with Crippen LogP contribution in [0.3, 0.4) is 0 Å². The summed E-state index contributed by atoms with van der Waals surface area (Å²) in [6, 6.07) is 6.28. The zero-order valence-corrected chi connectivity index (χ0v) is 16.3. The molecule has 1 heterocycles. The van der Waals surface area contributed by atoms with Crippen LogP contribution in [0.15, 0.2) is 24.3 Å². The van der Waals surface area contributed by atoms with Crippen LogP contribution >= 0.6 is 0 Å². The number of nitrogens with one attached hydrogen (secondary N) is 2. The van der Waals surface area contributed by atoms with Gasteiger partial charge in [-0.2, -0.15) is 0 Å². The first-order valence-corrected chi connectivity index (χ1v) is 9.11. The van der Waals surface area contributed by atoms with E-state index in [1.807, 2.05) is 43.0 Å². The zero-order valence-electron chi connectivity index (χ0n) is 16.3. The molecule has 0 aliphatic carbocycles. The molecule has 2 N–H and O–H groups in total. The van der Waals surface area contributed by atoms with Crippen molar-refractivity contribution < 1.29 is 19.1 Å². The van der Waals surface area contributed by atoms with Gasteiger partial charge in [0.15, 0.2) is 0 Å². The van der Waals surface area contributed by atoms with Crippen molar-refractivity contribution in [2.24, 2.45) is 5.92 Å². The third-order valence-electron chi connectivity index (χ3n) is 4.48. The van der Waals surface area contributed by atoms with Gasteiger partial charge in [0.1, 0.15) is 6.04 Å². The fourth-order valence-electron chi connectivity index (χ4n) is 2.91. The summed E-state index contributed by atoms with van der Waals surface area (Å²) in [5.41, 5.74) is 1.67. The van der Waals surface area contributed by atoms with Crippen LogP contribution in [-0.2, 0) is 14.3 Å². The topological polar surface area (TPSA) is 91.0 Å². The molecule has 1 aliphatic rings. The van der Waals surface area contributed by atoms with E-state index in [0.717, 1.165) is 18.8 Å². The number of hydrogen-bond donors (Lipinski definition) is 2.